The van der Waals surface area contributed by atoms with E-state index in [1.54, 1.807) is 0 Å². The van der Waals surface area contributed by atoms with Crippen molar-refractivity contribution >= 4 is 38.9 Å². The van der Waals surface area contributed by atoms with Crippen LogP contribution in [0.4, 0.5) is 17.6 Å². The van der Waals surface area contributed by atoms with E-state index in [0.717, 1.165) is 36.4 Å². The highest BCUT2D eigenvalue weighted by Crippen LogP contribution is 2.60. The number of carboxylic acids is 2. The molecule has 47 heavy (non-hydrogen) atoms. The Morgan fingerprint density at radius 3 is 1.43 bits per heavy atom. The summed E-state index contributed by atoms with van der Waals surface area (Å²) >= 11 is 0. The molecule has 0 spiro atoms. The fourth-order valence-corrected chi connectivity index (χ4v) is 4.47. The van der Waals surface area contributed by atoms with E-state index >= 15 is 0 Å². The minimum absolute atomic E-state index is 0.0527. The molecular weight excluding hydrogens is 686 g/mol. The maximum Gasteiger partial charge on any atom is 0.399 e. The van der Waals surface area contributed by atoms with Crippen molar-refractivity contribution in [1.29, 1.82) is 0 Å². The van der Waals surface area contributed by atoms with Gasteiger partial charge in [0.15, 0.2) is 0 Å². The number of hydrogen-bond donors (Lipinski definition) is 10. The van der Waals surface area contributed by atoms with E-state index in [1.807, 2.05) is 0 Å². The zero-order chi connectivity index (χ0) is 36.5. The third kappa shape index (κ3) is 12.1. The van der Waals surface area contributed by atoms with Gasteiger partial charge in [0.2, 0.25) is 11.8 Å². The molecular formula is C25H32F4N4O12P2. The van der Waals surface area contributed by atoms with E-state index < -0.39 is 79.5 Å². The molecule has 13 N–H and O–H groups in total. The quantitative estimate of drug-likeness (QED) is 0.0885. The van der Waals surface area contributed by atoms with Gasteiger partial charge in [0.25, 0.3) is 0 Å². The van der Waals surface area contributed by atoms with E-state index in [1.165, 1.54) is 12.1 Å². The minimum Gasteiger partial charge on any atom is -0.481 e. The Morgan fingerprint density at radius 2 is 1.11 bits per heavy atom. The average Bonchev–Trinajstić information content (AvgIpc) is 2.95. The van der Waals surface area contributed by atoms with Gasteiger partial charge in [-0.2, -0.15) is 17.6 Å². The number of carbonyl (C=O) groups excluding carboxylic acids is 2. The molecule has 2 aromatic carbocycles. The van der Waals surface area contributed by atoms with Gasteiger partial charge in [-0.25, -0.2) is 4.79 Å². The molecule has 0 bridgehead atoms. The van der Waals surface area contributed by atoms with Crippen molar-refractivity contribution in [2.24, 2.45) is 17.2 Å². The Hall–Kier alpha value is -3.74. The molecule has 0 aromatic heterocycles. The van der Waals surface area contributed by atoms with Crippen LogP contribution in [-0.4, -0.2) is 71.7 Å². The first-order valence-electron chi connectivity index (χ1n) is 12.9. The largest absolute Gasteiger partial charge is 0.481 e. The molecule has 2 amide bonds. The second kappa shape index (κ2) is 16.4. The third-order valence-electron chi connectivity index (χ3n) is 6.22. The van der Waals surface area contributed by atoms with Gasteiger partial charge in [0, 0.05) is 24.0 Å². The fourth-order valence-electron chi connectivity index (χ4n) is 3.50. The number of nitrogens with one attached hydrogen (secondary N) is 1. The first-order chi connectivity index (χ1) is 21.3. The number of carboxylic acid groups (broad SMARTS) is 2. The minimum atomic E-state index is -5.73. The first kappa shape index (κ1) is 41.3. The van der Waals surface area contributed by atoms with Crippen molar-refractivity contribution in [3.05, 3.63) is 70.8 Å². The van der Waals surface area contributed by atoms with Gasteiger partial charge in [-0.05, 0) is 24.0 Å². The van der Waals surface area contributed by atoms with Crippen molar-refractivity contribution < 1.29 is 75.7 Å². The van der Waals surface area contributed by atoms with Gasteiger partial charge in [-0.15, -0.1) is 0 Å². The van der Waals surface area contributed by atoms with E-state index in [2.05, 4.69) is 5.32 Å². The number of amides is 2. The Kier molecular flexibility index (Phi) is 14.4. The molecule has 16 nitrogen and oxygen atoms in total. The molecule has 0 fully saturated rings. The van der Waals surface area contributed by atoms with Crippen LogP contribution in [0.15, 0.2) is 48.5 Å². The van der Waals surface area contributed by atoms with Crippen LogP contribution in [0.5, 0.6) is 0 Å². The summed E-state index contributed by atoms with van der Waals surface area (Å²) in [6.07, 6.45) is -0.868. The maximum atomic E-state index is 13.6. The van der Waals surface area contributed by atoms with Crippen LogP contribution in [0.3, 0.4) is 0 Å². The van der Waals surface area contributed by atoms with Crippen LogP contribution in [0.2, 0.25) is 0 Å². The molecule has 0 aliphatic heterocycles. The van der Waals surface area contributed by atoms with Gasteiger partial charge in [0.1, 0.15) is 6.04 Å². The van der Waals surface area contributed by atoms with Crippen molar-refractivity contribution in [1.82, 2.24) is 5.32 Å². The maximum absolute atomic E-state index is 13.6. The van der Waals surface area contributed by atoms with Crippen LogP contribution in [0, 0.1) is 0 Å². The van der Waals surface area contributed by atoms with E-state index in [4.69, 9.17) is 41.9 Å². The molecule has 0 saturated heterocycles. The summed E-state index contributed by atoms with van der Waals surface area (Å²) in [7, 11) is -11.3. The van der Waals surface area contributed by atoms with Crippen molar-refractivity contribution in [2.45, 2.75) is 55.1 Å². The topological polar surface area (TPSA) is 314 Å². The van der Waals surface area contributed by atoms with Gasteiger partial charge in [0.05, 0.1) is 12.1 Å². The lowest BCUT2D eigenvalue weighted by Gasteiger charge is -2.19. The third-order valence-corrected chi connectivity index (χ3v) is 8.20. The normalized spacial score (nSPS) is 14.2. The van der Waals surface area contributed by atoms with Gasteiger partial charge >= 0.3 is 38.5 Å². The Labute approximate surface area is 263 Å². The van der Waals surface area contributed by atoms with E-state index in [9.17, 15) is 51.0 Å². The second-order valence-electron chi connectivity index (χ2n) is 9.92. The average molecular weight is 718 g/mol. The summed E-state index contributed by atoms with van der Waals surface area (Å²) < 4.78 is 75.4. The molecule has 3 atom stereocenters. The van der Waals surface area contributed by atoms with Crippen molar-refractivity contribution in [3.63, 3.8) is 0 Å². The Morgan fingerprint density at radius 1 is 0.723 bits per heavy atom. The summed E-state index contributed by atoms with van der Waals surface area (Å²) in [6.45, 7) is 0. The number of rotatable bonds is 15. The summed E-state index contributed by atoms with van der Waals surface area (Å²) in [5.41, 5.74) is 6.08. The van der Waals surface area contributed by atoms with Crippen LogP contribution in [0.25, 0.3) is 0 Å². The lowest BCUT2D eigenvalue weighted by atomic mass is 10.0. The predicted octanol–water partition coefficient (Wildman–Crippen LogP) is 0.486. The first-order valence-corrected chi connectivity index (χ1v) is 16.1. The zero-order valence-electron chi connectivity index (χ0n) is 24.0. The molecule has 0 heterocycles. The highest BCUT2D eigenvalue weighted by Gasteiger charge is 2.51. The van der Waals surface area contributed by atoms with Crippen molar-refractivity contribution in [2.75, 3.05) is 0 Å². The zero-order valence-corrected chi connectivity index (χ0v) is 25.7. The molecule has 0 saturated carbocycles. The summed E-state index contributed by atoms with van der Waals surface area (Å²) in [5, 5.41) is 19.9. The molecule has 2 rings (SSSR count). The van der Waals surface area contributed by atoms with Crippen LogP contribution in [0.1, 0.15) is 35.1 Å². The molecule has 2 aromatic rings. The molecule has 0 aliphatic carbocycles. The summed E-state index contributed by atoms with van der Waals surface area (Å²) in [4.78, 5) is 78.9. The monoisotopic (exact) mass is 718 g/mol. The number of hydrogen-bond acceptors (Lipinski definition) is 8. The molecule has 22 heteroatoms. The molecule has 0 aliphatic rings. The summed E-state index contributed by atoms with van der Waals surface area (Å²) in [5.74, 6) is -4.24. The van der Waals surface area contributed by atoms with Crippen LogP contribution >= 0.6 is 15.2 Å². The smallest absolute Gasteiger partial charge is 0.399 e. The van der Waals surface area contributed by atoms with Gasteiger partial charge < -0.3 is 52.3 Å². The molecule has 0 radical (unpaired) electrons. The SMILES string of the molecule is NC(=O)[C@@H](N)Cc1ccc(C(F)(F)P(=O)(O)O)cc1.N[C@@H](CCC(=O)O)C(=O)N[C@@H](Cc1ccc(C(F)(F)P(=O)(O)O)cc1)C(=O)O. The lowest BCUT2D eigenvalue weighted by Crippen LogP contribution is -2.49. The Balaban J connectivity index is 0.000000506. The van der Waals surface area contributed by atoms with E-state index in [-0.39, 0.29) is 31.2 Å². The number of nitrogens with two attached hydrogens (primary N) is 3. The number of primary amides is 1. The standard InChI is InChI=1S/C15H19F2N2O8P.C10H13F2N2O4P/c16-15(17,28(25,26)27)9-3-1-8(2-4-9)7-11(14(23)24)19-13(22)10(18)5-6-12(20)21;11-10(12,19(16,17)18)7-3-1-6(2-4-7)5-8(13)9(14)15/h1-4,10-11H,5-7,18H2,(H,19,22)(H,20,21)(H,23,24)(H2,25,26,27);1-4,8H,5,13H2,(H2,14,15)(H2,16,17,18)/t10-,11-;8-/m00/s1. The van der Waals surface area contributed by atoms with Crippen molar-refractivity contribution in [3.8, 4) is 0 Å². The fraction of sp³-hybridized carbons (Fsp3) is 0.360. The summed E-state index contributed by atoms with van der Waals surface area (Å²) in [6, 6.07) is 4.08. The second-order valence-corrected chi connectivity index (χ2v) is 13.2. The highest BCUT2D eigenvalue weighted by atomic mass is 31.2. The highest BCUT2D eigenvalue weighted by molar-refractivity contribution is 7.52. The predicted molar refractivity (Wildman–Crippen MR) is 154 cm³/mol. The number of benzene rings is 2. The number of aliphatic carboxylic acids is 2. The molecule has 0 unspecified atom stereocenters. The van der Waals surface area contributed by atoms with E-state index in [0.29, 0.717) is 5.56 Å². The lowest BCUT2D eigenvalue weighted by molar-refractivity contribution is -0.142. The van der Waals surface area contributed by atoms with Gasteiger partial charge in [-0.1, -0.05) is 48.5 Å². The number of alkyl halides is 4. The van der Waals surface area contributed by atoms with Gasteiger partial charge in [-0.3, -0.25) is 23.5 Å². The number of carbonyl (C=O) groups is 4. The van der Waals surface area contributed by atoms with Crippen LogP contribution < -0.4 is 22.5 Å². The van der Waals surface area contributed by atoms with Crippen LogP contribution in [-0.2, 0) is 52.5 Å². The number of halogens is 4. The molecule has 262 valence electrons. The Bertz CT molecular complexity index is 1520.